The molecule has 0 fully saturated rings. The average molecular weight is 402 g/mol. The largest absolute Gasteiger partial charge is 0.467 e. The van der Waals surface area contributed by atoms with Gasteiger partial charge in [-0.3, -0.25) is 19.3 Å². The molecule has 0 radical (unpaired) electrons. The van der Waals surface area contributed by atoms with Crippen LogP contribution in [0.1, 0.15) is 66.5 Å². The van der Waals surface area contributed by atoms with Crippen molar-refractivity contribution < 1.29 is 18.8 Å². The van der Waals surface area contributed by atoms with E-state index in [9.17, 15) is 14.4 Å². The Morgan fingerprint density at radius 3 is 2.53 bits per heavy atom. The lowest BCUT2D eigenvalue weighted by Gasteiger charge is -2.17. The summed E-state index contributed by atoms with van der Waals surface area (Å²) in [7, 11) is 0. The normalized spacial score (nSPS) is 14.0. The Morgan fingerprint density at radius 1 is 1.03 bits per heavy atom. The quantitative estimate of drug-likeness (QED) is 0.649. The number of nitrogens with zero attached hydrogens (tertiary/aromatic N) is 1. The highest BCUT2D eigenvalue weighted by Crippen LogP contribution is 2.26. The molecule has 0 aliphatic carbocycles. The minimum absolute atomic E-state index is 0.0601. The number of fused-ring (bicyclic) bond motifs is 1. The molecule has 6 heteroatoms. The fourth-order valence-corrected chi connectivity index (χ4v) is 3.72. The Hall–Kier alpha value is -3.67. The molecular formula is C24H22N2O4. The number of carbonyl (C=O) groups is 3. The second-order valence-electron chi connectivity index (χ2n) is 7.59. The van der Waals surface area contributed by atoms with Gasteiger partial charge in [-0.2, -0.15) is 0 Å². The number of imide groups is 1. The zero-order chi connectivity index (χ0) is 21.4. The van der Waals surface area contributed by atoms with E-state index >= 15 is 0 Å². The molecule has 2 aromatic carbocycles. The van der Waals surface area contributed by atoms with E-state index in [1.165, 1.54) is 18.4 Å². The molecule has 4 rings (SSSR count). The van der Waals surface area contributed by atoms with Crippen molar-refractivity contribution in [2.45, 2.75) is 33.4 Å². The van der Waals surface area contributed by atoms with Crippen LogP contribution in [0.4, 0.5) is 0 Å². The molecule has 1 aliphatic rings. The SMILES string of the molecule is Cc1ccc(C)c(C(C)NC(=O)c2ccc3c(c2)C(=O)N(Cc2ccco2)C3=O)c1. The number of aryl methyl sites for hydroxylation is 2. The zero-order valence-corrected chi connectivity index (χ0v) is 17.1. The second-order valence-corrected chi connectivity index (χ2v) is 7.59. The topological polar surface area (TPSA) is 79.6 Å². The molecule has 0 saturated heterocycles. The first kappa shape index (κ1) is 19.6. The number of amides is 3. The van der Waals surface area contributed by atoms with Gasteiger partial charge in [0.05, 0.1) is 30.0 Å². The van der Waals surface area contributed by atoms with E-state index in [0.717, 1.165) is 21.6 Å². The van der Waals surface area contributed by atoms with Crippen molar-refractivity contribution in [2.75, 3.05) is 0 Å². The average Bonchev–Trinajstić information content (AvgIpc) is 3.32. The number of nitrogens with one attached hydrogen (secondary N) is 1. The molecular weight excluding hydrogens is 380 g/mol. The molecule has 3 aromatic rings. The summed E-state index contributed by atoms with van der Waals surface area (Å²) in [6, 6.07) is 13.9. The lowest BCUT2D eigenvalue weighted by atomic mass is 9.99. The summed E-state index contributed by atoms with van der Waals surface area (Å²) in [5.74, 6) is -0.591. The van der Waals surface area contributed by atoms with Gasteiger partial charge in [0.1, 0.15) is 5.76 Å². The van der Waals surface area contributed by atoms with Crippen LogP contribution in [0.5, 0.6) is 0 Å². The molecule has 3 amide bonds. The van der Waals surface area contributed by atoms with Crippen molar-refractivity contribution in [3.05, 3.63) is 93.9 Å². The number of furan rings is 1. The molecule has 1 aliphatic heterocycles. The molecule has 1 aromatic heterocycles. The highest BCUT2D eigenvalue weighted by atomic mass is 16.3. The fraction of sp³-hybridized carbons (Fsp3) is 0.208. The van der Waals surface area contributed by atoms with Gasteiger partial charge in [0.25, 0.3) is 17.7 Å². The highest BCUT2D eigenvalue weighted by Gasteiger charge is 2.36. The molecule has 2 heterocycles. The first-order valence-corrected chi connectivity index (χ1v) is 9.76. The first-order chi connectivity index (χ1) is 14.3. The van der Waals surface area contributed by atoms with Crippen LogP contribution in [0.15, 0.2) is 59.2 Å². The van der Waals surface area contributed by atoms with Gasteiger partial charge in [0.2, 0.25) is 0 Å². The molecule has 0 bridgehead atoms. The Balaban J connectivity index is 1.54. The van der Waals surface area contributed by atoms with Crippen LogP contribution in [0.3, 0.4) is 0 Å². The van der Waals surface area contributed by atoms with Gasteiger partial charge in [0.15, 0.2) is 0 Å². The van der Waals surface area contributed by atoms with Crippen molar-refractivity contribution in [3.63, 3.8) is 0 Å². The van der Waals surface area contributed by atoms with Crippen LogP contribution >= 0.6 is 0 Å². The maximum atomic E-state index is 12.8. The number of rotatable bonds is 5. The summed E-state index contributed by atoms with van der Waals surface area (Å²) in [4.78, 5) is 39.3. The molecule has 152 valence electrons. The van der Waals surface area contributed by atoms with E-state index in [-0.39, 0.29) is 30.0 Å². The van der Waals surface area contributed by atoms with Crippen molar-refractivity contribution in [1.82, 2.24) is 10.2 Å². The predicted octanol–water partition coefficient (Wildman–Crippen LogP) is 4.18. The third-order valence-electron chi connectivity index (χ3n) is 5.38. The van der Waals surface area contributed by atoms with E-state index < -0.39 is 5.91 Å². The summed E-state index contributed by atoms with van der Waals surface area (Å²) in [6.07, 6.45) is 1.49. The minimum Gasteiger partial charge on any atom is -0.467 e. The van der Waals surface area contributed by atoms with E-state index in [0.29, 0.717) is 16.9 Å². The molecule has 1 atom stereocenters. The summed E-state index contributed by atoms with van der Waals surface area (Å²) in [5.41, 5.74) is 4.13. The predicted molar refractivity (Wildman–Crippen MR) is 111 cm³/mol. The van der Waals surface area contributed by atoms with Crippen LogP contribution < -0.4 is 5.32 Å². The Kier molecular flexibility index (Phi) is 4.99. The maximum absolute atomic E-state index is 12.8. The maximum Gasteiger partial charge on any atom is 0.261 e. The second kappa shape index (κ2) is 7.63. The van der Waals surface area contributed by atoms with Gasteiger partial charge in [-0.15, -0.1) is 0 Å². The Morgan fingerprint density at radius 2 is 1.80 bits per heavy atom. The fourth-order valence-electron chi connectivity index (χ4n) is 3.72. The minimum atomic E-state index is -0.427. The molecule has 0 saturated carbocycles. The van der Waals surface area contributed by atoms with Gasteiger partial charge < -0.3 is 9.73 Å². The van der Waals surface area contributed by atoms with Crippen molar-refractivity contribution >= 4 is 17.7 Å². The number of hydrogen-bond acceptors (Lipinski definition) is 4. The molecule has 30 heavy (non-hydrogen) atoms. The summed E-state index contributed by atoms with van der Waals surface area (Å²) in [5, 5.41) is 2.98. The van der Waals surface area contributed by atoms with Crippen LogP contribution in [0, 0.1) is 13.8 Å². The third-order valence-corrected chi connectivity index (χ3v) is 5.38. The van der Waals surface area contributed by atoms with E-state index in [2.05, 4.69) is 11.4 Å². The Bertz CT molecular complexity index is 1150. The van der Waals surface area contributed by atoms with E-state index in [1.54, 1.807) is 18.2 Å². The van der Waals surface area contributed by atoms with Gasteiger partial charge in [0, 0.05) is 5.56 Å². The number of hydrogen-bond donors (Lipinski definition) is 1. The van der Waals surface area contributed by atoms with Crippen LogP contribution in [0.25, 0.3) is 0 Å². The van der Waals surface area contributed by atoms with Gasteiger partial charge >= 0.3 is 0 Å². The van der Waals surface area contributed by atoms with Gasteiger partial charge in [-0.25, -0.2) is 0 Å². The summed E-state index contributed by atoms with van der Waals surface area (Å²) >= 11 is 0. The smallest absolute Gasteiger partial charge is 0.261 e. The molecule has 1 unspecified atom stereocenters. The molecule has 6 nitrogen and oxygen atoms in total. The third kappa shape index (κ3) is 3.52. The Labute approximate surface area is 174 Å². The lowest BCUT2D eigenvalue weighted by Crippen LogP contribution is -2.29. The van der Waals surface area contributed by atoms with Crippen LogP contribution in [-0.2, 0) is 6.54 Å². The first-order valence-electron chi connectivity index (χ1n) is 9.76. The van der Waals surface area contributed by atoms with Crippen molar-refractivity contribution in [1.29, 1.82) is 0 Å². The van der Waals surface area contributed by atoms with E-state index in [4.69, 9.17) is 4.42 Å². The van der Waals surface area contributed by atoms with Crippen molar-refractivity contribution in [3.8, 4) is 0 Å². The summed E-state index contributed by atoms with van der Waals surface area (Å²) < 4.78 is 5.25. The van der Waals surface area contributed by atoms with Gasteiger partial charge in [-0.05, 0) is 62.2 Å². The highest BCUT2D eigenvalue weighted by molar-refractivity contribution is 6.22. The monoisotopic (exact) mass is 402 g/mol. The number of benzene rings is 2. The molecule has 0 spiro atoms. The lowest BCUT2D eigenvalue weighted by molar-refractivity contribution is 0.0631. The molecule has 1 N–H and O–H groups in total. The van der Waals surface area contributed by atoms with Crippen LogP contribution in [-0.4, -0.2) is 22.6 Å². The standard InChI is InChI=1S/C24H22N2O4/c1-14-6-7-15(2)20(11-14)16(3)25-22(27)17-8-9-19-21(12-17)24(29)26(23(19)28)13-18-5-4-10-30-18/h4-12,16H,13H2,1-3H3,(H,25,27). The zero-order valence-electron chi connectivity index (χ0n) is 17.1. The van der Waals surface area contributed by atoms with Crippen LogP contribution in [0.2, 0.25) is 0 Å². The van der Waals surface area contributed by atoms with E-state index in [1.807, 2.05) is 32.9 Å². The van der Waals surface area contributed by atoms with Gasteiger partial charge in [-0.1, -0.05) is 23.8 Å². The summed E-state index contributed by atoms with van der Waals surface area (Å²) in [6.45, 7) is 6.00. The van der Waals surface area contributed by atoms with Crippen molar-refractivity contribution in [2.24, 2.45) is 0 Å². The number of carbonyl (C=O) groups excluding carboxylic acids is 3.